The normalized spacial score (nSPS) is 14.0. The van der Waals surface area contributed by atoms with Crippen molar-refractivity contribution < 1.29 is 18.7 Å². The number of ether oxygens (including phenoxy) is 1. The number of rotatable bonds is 8. The third kappa shape index (κ3) is 6.68. The number of aromatic nitrogens is 3. The number of pyridine rings is 1. The summed E-state index contributed by atoms with van der Waals surface area (Å²) in [5.41, 5.74) is 2.32. The van der Waals surface area contributed by atoms with E-state index in [1.54, 1.807) is 45.7 Å². The van der Waals surface area contributed by atoms with E-state index in [0.717, 1.165) is 22.8 Å². The molecule has 4 aromatic rings. The molecule has 0 saturated carbocycles. The summed E-state index contributed by atoms with van der Waals surface area (Å²) in [4.78, 5) is 46.3. The Kier molecular flexibility index (Phi) is 9.15. The number of amides is 3. The zero-order chi connectivity index (χ0) is 31.2. The number of fused-ring (bicyclic) bond motifs is 1. The third-order valence-corrected chi connectivity index (χ3v) is 7.02. The van der Waals surface area contributed by atoms with E-state index in [9.17, 15) is 14.0 Å². The Balaban J connectivity index is 1.38. The zero-order valence-corrected chi connectivity index (χ0v) is 24.5. The van der Waals surface area contributed by atoms with E-state index in [1.807, 2.05) is 18.2 Å². The molecule has 3 heterocycles. The number of urea groups is 1. The number of carbonyl (C=O) groups is 2. The van der Waals surface area contributed by atoms with Gasteiger partial charge in [0.1, 0.15) is 17.5 Å². The van der Waals surface area contributed by atoms with Crippen LogP contribution < -0.4 is 15.5 Å². The molecule has 2 aromatic carbocycles. The lowest BCUT2D eigenvalue weighted by molar-refractivity contribution is 0.0827. The van der Waals surface area contributed by atoms with Crippen LogP contribution >= 0.6 is 0 Å². The molecule has 44 heavy (non-hydrogen) atoms. The van der Waals surface area contributed by atoms with Crippen LogP contribution in [0.5, 0.6) is 0 Å². The fourth-order valence-electron chi connectivity index (χ4n) is 4.75. The Morgan fingerprint density at radius 2 is 1.89 bits per heavy atom. The molecule has 226 valence electrons. The maximum atomic E-state index is 14.5. The molecule has 13 heteroatoms. The molecule has 1 aliphatic heterocycles. The summed E-state index contributed by atoms with van der Waals surface area (Å²) in [6, 6.07) is 12.4. The van der Waals surface area contributed by atoms with Gasteiger partial charge in [-0.25, -0.2) is 24.1 Å². The van der Waals surface area contributed by atoms with Crippen LogP contribution in [0.3, 0.4) is 0 Å². The molecule has 1 fully saturated rings. The minimum absolute atomic E-state index is 0.0792. The van der Waals surface area contributed by atoms with E-state index < -0.39 is 11.8 Å². The number of halogens is 1. The van der Waals surface area contributed by atoms with Crippen LogP contribution in [0.2, 0.25) is 0 Å². The van der Waals surface area contributed by atoms with Crippen LogP contribution in [-0.2, 0) is 4.74 Å². The van der Waals surface area contributed by atoms with Gasteiger partial charge in [0.15, 0.2) is 5.82 Å². The molecule has 0 bridgehead atoms. The molecule has 1 aliphatic rings. The van der Waals surface area contributed by atoms with Gasteiger partial charge in [-0.15, -0.1) is 0 Å². The van der Waals surface area contributed by atoms with E-state index >= 15 is 0 Å². The molecule has 2 aromatic heterocycles. The van der Waals surface area contributed by atoms with Gasteiger partial charge in [0.05, 0.1) is 30.3 Å². The first-order chi connectivity index (χ1) is 21.3. The zero-order valence-electron chi connectivity index (χ0n) is 24.5. The van der Waals surface area contributed by atoms with Gasteiger partial charge in [-0.1, -0.05) is 6.07 Å². The number of nitrogens with zero attached hydrogens (tertiary/aromatic N) is 6. The second-order valence-electron chi connectivity index (χ2n) is 10.3. The smallest absolute Gasteiger partial charge is 0.324 e. The lowest BCUT2D eigenvalue weighted by Gasteiger charge is -2.29. The fourth-order valence-corrected chi connectivity index (χ4v) is 4.75. The van der Waals surface area contributed by atoms with Crippen molar-refractivity contribution in [1.82, 2.24) is 19.9 Å². The molecule has 3 amide bonds. The number of nitrogens with one attached hydrogen (secondary N) is 3. The van der Waals surface area contributed by atoms with Gasteiger partial charge in [0, 0.05) is 69.4 Å². The first kappa shape index (κ1) is 30.2. The largest absolute Gasteiger partial charge is 0.378 e. The first-order valence-electron chi connectivity index (χ1n) is 13.9. The number of morpholine rings is 1. The molecule has 0 radical (unpaired) electrons. The summed E-state index contributed by atoms with van der Waals surface area (Å²) in [5.74, 6) is 0.0910. The Bertz CT molecular complexity index is 1720. The van der Waals surface area contributed by atoms with Crippen LogP contribution in [0.25, 0.3) is 22.3 Å². The van der Waals surface area contributed by atoms with E-state index in [2.05, 4.69) is 25.5 Å². The second kappa shape index (κ2) is 13.3. The minimum atomic E-state index is -0.738. The number of anilines is 3. The van der Waals surface area contributed by atoms with Gasteiger partial charge < -0.3 is 25.3 Å². The molecule has 1 saturated heterocycles. The van der Waals surface area contributed by atoms with E-state index in [-0.39, 0.29) is 28.9 Å². The van der Waals surface area contributed by atoms with Gasteiger partial charge in [-0.2, -0.15) is 0 Å². The summed E-state index contributed by atoms with van der Waals surface area (Å²) in [6.07, 6.45) is 4.59. The van der Waals surface area contributed by atoms with Crippen molar-refractivity contribution in [1.29, 1.82) is 5.41 Å². The van der Waals surface area contributed by atoms with Crippen molar-refractivity contribution in [2.45, 2.75) is 5.92 Å². The van der Waals surface area contributed by atoms with Crippen molar-refractivity contribution in [3.8, 4) is 11.4 Å². The van der Waals surface area contributed by atoms with Crippen LogP contribution in [0, 0.1) is 11.2 Å². The highest BCUT2D eigenvalue weighted by Gasteiger charge is 2.20. The summed E-state index contributed by atoms with van der Waals surface area (Å²) in [5, 5.41) is 13.7. The molecular formula is C31H32FN9O3. The maximum Gasteiger partial charge on any atom is 0.324 e. The number of hydrogen-bond donors (Lipinski definition) is 3. The van der Waals surface area contributed by atoms with Gasteiger partial charge in [0.25, 0.3) is 5.91 Å². The highest BCUT2D eigenvalue weighted by Crippen LogP contribution is 2.30. The lowest BCUT2D eigenvalue weighted by Crippen LogP contribution is -2.37. The maximum absolute atomic E-state index is 14.5. The average Bonchev–Trinajstić information content (AvgIpc) is 3.04. The third-order valence-electron chi connectivity index (χ3n) is 7.02. The van der Waals surface area contributed by atoms with Crippen molar-refractivity contribution in [2.24, 2.45) is 4.99 Å². The highest BCUT2D eigenvalue weighted by atomic mass is 19.1. The number of carbonyl (C=O) groups excluding carboxylic acids is 2. The first-order valence-corrected chi connectivity index (χ1v) is 13.9. The van der Waals surface area contributed by atoms with Gasteiger partial charge >= 0.3 is 6.03 Å². The van der Waals surface area contributed by atoms with Crippen LogP contribution in [0.4, 0.5) is 26.5 Å². The molecule has 1 unspecified atom stereocenters. The Morgan fingerprint density at radius 1 is 1.09 bits per heavy atom. The summed E-state index contributed by atoms with van der Waals surface area (Å²) >= 11 is 0. The standard InChI is InChI=1S/C31H32FN9O3/c1-34-17-22(16-33)19-4-7-23-26(15-19)36-28(39-29(23)41-10-12-44-13-11-41)21-6-9-27(35-18-21)38-31(43)37-25-8-5-20(14-24(25)32)30(42)40(2)3/h4-9,14-18,22,33H,10-13H2,1-3H3,(H2,35,37,38,43). The van der Waals surface area contributed by atoms with Crippen molar-refractivity contribution in [2.75, 3.05) is 63.0 Å². The quantitative estimate of drug-likeness (QED) is 0.254. The summed E-state index contributed by atoms with van der Waals surface area (Å²) < 4.78 is 20.1. The number of hydrogen-bond acceptors (Lipinski definition) is 9. The molecule has 0 spiro atoms. The van der Waals surface area contributed by atoms with Crippen LogP contribution in [0.1, 0.15) is 21.8 Å². The summed E-state index contributed by atoms with van der Waals surface area (Å²) in [7, 11) is 4.82. The molecule has 0 aliphatic carbocycles. The Labute approximate surface area is 253 Å². The van der Waals surface area contributed by atoms with Gasteiger partial charge in [-0.05, 0) is 48.0 Å². The second-order valence-corrected chi connectivity index (χ2v) is 10.3. The van der Waals surface area contributed by atoms with Gasteiger partial charge in [-0.3, -0.25) is 15.1 Å². The minimum Gasteiger partial charge on any atom is -0.378 e. The van der Waals surface area contributed by atoms with Gasteiger partial charge in [0.2, 0.25) is 0 Å². The monoisotopic (exact) mass is 597 g/mol. The molecular weight excluding hydrogens is 565 g/mol. The topological polar surface area (TPSA) is 149 Å². The summed E-state index contributed by atoms with van der Waals surface area (Å²) in [6.45, 7) is 2.55. The molecule has 12 nitrogen and oxygen atoms in total. The van der Waals surface area contributed by atoms with Crippen LogP contribution in [0.15, 0.2) is 59.7 Å². The van der Waals surface area contributed by atoms with Crippen molar-refractivity contribution >= 4 is 52.6 Å². The average molecular weight is 598 g/mol. The fraction of sp³-hybridized carbons (Fsp3) is 0.258. The van der Waals surface area contributed by atoms with Crippen molar-refractivity contribution in [3.63, 3.8) is 0 Å². The molecule has 5 rings (SSSR count). The Hall–Kier alpha value is -5.30. The predicted octanol–water partition coefficient (Wildman–Crippen LogP) is 4.45. The Morgan fingerprint density at radius 3 is 2.55 bits per heavy atom. The van der Waals surface area contributed by atoms with E-state index in [4.69, 9.17) is 20.1 Å². The highest BCUT2D eigenvalue weighted by molar-refractivity contribution is 6.00. The van der Waals surface area contributed by atoms with E-state index in [1.165, 1.54) is 23.2 Å². The van der Waals surface area contributed by atoms with E-state index in [0.29, 0.717) is 43.2 Å². The number of benzene rings is 2. The SMILES string of the molecule is CN=CC(C=N)c1ccc2c(N3CCOCC3)nc(-c3ccc(NC(=O)Nc4ccc(C(=O)N(C)C)cc4F)nc3)nc2c1. The van der Waals surface area contributed by atoms with Crippen LogP contribution in [-0.4, -0.2) is 91.7 Å². The van der Waals surface area contributed by atoms with Crippen molar-refractivity contribution in [3.05, 3.63) is 71.7 Å². The lowest BCUT2D eigenvalue weighted by atomic mass is 9.99. The predicted molar refractivity (Wildman–Crippen MR) is 169 cm³/mol. The number of aliphatic imine (C=N–C) groups is 1. The molecule has 1 atom stereocenters. The molecule has 3 N–H and O–H groups in total.